The van der Waals surface area contributed by atoms with Crippen molar-refractivity contribution in [1.29, 1.82) is 0 Å². The van der Waals surface area contributed by atoms with Gasteiger partial charge in [-0.1, -0.05) is 50.9 Å². The van der Waals surface area contributed by atoms with Gasteiger partial charge < -0.3 is 11.1 Å². The Morgan fingerprint density at radius 1 is 1.40 bits per heavy atom. The van der Waals surface area contributed by atoms with Gasteiger partial charge >= 0.3 is 0 Å². The molecule has 20 heavy (non-hydrogen) atoms. The van der Waals surface area contributed by atoms with Crippen molar-refractivity contribution in [3.05, 3.63) is 34.9 Å². The van der Waals surface area contributed by atoms with Crippen molar-refractivity contribution in [3.8, 4) is 0 Å². The third-order valence-electron chi connectivity index (χ3n) is 3.09. The van der Waals surface area contributed by atoms with Gasteiger partial charge in [-0.05, 0) is 24.1 Å². The fraction of sp³-hybridized carbons (Fsp3) is 0.533. The van der Waals surface area contributed by atoms with E-state index in [4.69, 9.17) is 17.3 Å². The van der Waals surface area contributed by atoms with Crippen LogP contribution in [0.25, 0.3) is 0 Å². The van der Waals surface area contributed by atoms with Crippen LogP contribution in [0.3, 0.4) is 0 Å². The number of hydrogen-bond acceptors (Lipinski definition) is 1. The largest absolute Gasteiger partial charge is 0.370 e. The lowest BCUT2D eigenvalue weighted by molar-refractivity contribution is 0.538. The highest BCUT2D eigenvalue weighted by Crippen LogP contribution is 2.25. The summed E-state index contributed by atoms with van der Waals surface area (Å²) in [5.41, 5.74) is 6.93. The van der Waals surface area contributed by atoms with Crippen molar-refractivity contribution < 1.29 is 0 Å². The van der Waals surface area contributed by atoms with Crippen molar-refractivity contribution in [2.24, 2.45) is 10.7 Å². The van der Waals surface area contributed by atoms with Crippen molar-refractivity contribution in [3.63, 3.8) is 0 Å². The maximum atomic E-state index is 6.03. The van der Waals surface area contributed by atoms with Crippen LogP contribution >= 0.6 is 35.6 Å². The van der Waals surface area contributed by atoms with Gasteiger partial charge in [0.15, 0.2) is 5.96 Å². The molecule has 1 aromatic rings. The van der Waals surface area contributed by atoms with Crippen LogP contribution in [0.15, 0.2) is 29.3 Å². The number of hydrogen-bond donors (Lipinski definition) is 2. The van der Waals surface area contributed by atoms with E-state index in [2.05, 4.69) is 37.1 Å². The molecule has 0 amide bonds. The van der Waals surface area contributed by atoms with Gasteiger partial charge in [0.1, 0.15) is 0 Å². The summed E-state index contributed by atoms with van der Waals surface area (Å²) in [6, 6.07) is 7.90. The Morgan fingerprint density at radius 2 is 2.10 bits per heavy atom. The lowest BCUT2D eigenvalue weighted by Gasteiger charge is -2.23. The maximum Gasteiger partial charge on any atom is 0.188 e. The summed E-state index contributed by atoms with van der Waals surface area (Å²) in [7, 11) is 0. The second kappa shape index (κ2) is 9.45. The van der Waals surface area contributed by atoms with Crippen LogP contribution in [0.2, 0.25) is 5.02 Å². The average Bonchev–Trinajstić information content (AvgIpc) is 2.37. The molecular formula is C15H25ClIN3. The molecule has 0 spiro atoms. The third-order valence-corrected chi connectivity index (χ3v) is 3.32. The Bertz CT molecular complexity index is 433. The lowest BCUT2D eigenvalue weighted by Crippen LogP contribution is -2.34. The molecule has 0 aliphatic heterocycles. The van der Waals surface area contributed by atoms with Crippen LogP contribution in [0.5, 0.6) is 0 Å². The topological polar surface area (TPSA) is 50.4 Å². The van der Waals surface area contributed by atoms with E-state index in [9.17, 15) is 0 Å². The van der Waals surface area contributed by atoms with Crippen LogP contribution in [0.1, 0.15) is 39.2 Å². The highest BCUT2D eigenvalue weighted by Gasteiger charge is 2.20. The van der Waals surface area contributed by atoms with E-state index in [-0.39, 0.29) is 29.4 Å². The van der Waals surface area contributed by atoms with Crippen LogP contribution < -0.4 is 11.1 Å². The highest BCUT2D eigenvalue weighted by molar-refractivity contribution is 14.0. The number of guanidine groups is 1. The summed E-state index contributed by atoms with van der Waals surface area (Å²) in [5.74, 6) is 0.517. The minimum absolute atomic E-state index is 0. The van der Waals surface area contributed by atoms with Crippen molar-refractivity contribution in [2.75, 3.05) is 13.1 Å². The fourth-order valence-electron chi connectivity index (χ4n) is 1.73. The average molecular weight is 410 g/mol. The van der Waals surface area contributed by atoms with Gasteiger partial charge in [0.2, 0.25) is 0 Å². The Labute approximate surface area is 144 Å². The third kappa shape index (κ3) is 6.79. The van der Waals surface area contributed by atoms with Gasteiger partial charge in [0.25, 0.3) is 0 Å². The minimum atomic E-state index is -0.0814. The molecule has 0 saturated heterocycles. The zero-order valence-corrected chi connectivity index (χ0v) is 15.5. The number of nitrogens with zero attached hydrogens (tertiary/aromatic N) is 1. The lowest BCUT2D eigenvalue weighted by atomic mass is 9.85. The second-order valence-electron chi connectivity index (χ2n) is 5.38. The first-order valence-electron chi connectivity index (χ1n) is 6.75. The molecule has 0 fully saturated rings. The summed E-state index contributed by atoms with van der Waals surface area (Å²) < 4.78 is 0. The van der Waals surface area contributed by atoms with Gasteiger partial charge in [0, 0.05) is 17.0 Å². The molecule has 3 nitrogen and oxygen atoms in total. The molecule has 0 atom stereocenters. The number of aliphatic imine (C=N–C) groups is 1. The maximum absolute atomic E-state index is 6.03. The smallest absolute Gasteiger partial charge is 0.188 e. The molecule has 0 aliphatic rings. The summed E-state index contributed by atoms with van der Waals surface area (Å²) in [6.07, 6.45) is 2.25. The first-order chi connectivity index (χ1) is 8.95. The van der Waals surface area contributed by atoms with Crippen LogP contribution in [-0.4, -0.2) is 19.0 Å². The number of nitrogens with one attached hydrogen (secondary N) is 1. The predicted octanol–water partition coefficient (Wildman–Crippen LogP) is 3.94. The Kier molecular flexibility index (Phi) is 9.22. The molecule has 5 heteroatoms. The number of nitrogens with two attached hydrogens (primary N) is 1. The standard InChI is InChI=1S/C15H24ClN3.HI/c1-4-5-9-18-14(17)19-11-15(2,3)12-7-6-8-13(16)10-12;/h6-8,10H,4-5,9,11H2,1-3H3,(H3,17,18,19);1H. The van der Waals surface area contributed by atoms with Crippen LogP contribution in [-0.2, 0) is 5.41 Å². The second-order valence-corrected chi connectivity index (χ2v) is 5.81. The highest BCUT2D eigenvalue weighted by atomic mass is 127. The van der Waals surface area contributed by atoms with Crippen LogP contribution in [0, 0.1) is 0 Å². The molecule has 0 aliphatic carbocycles. The van der Waals surface area contributed by atoms with Gasteiger partial charge in [-0.3, -0.25) is 4.99 Å². The molecule has 0 saturated carbocycles. The van der Waals surface area contributed by atoms with E-state index < -0.39 is 0 Å². The van der Waals surface area contributed by atoms with Gasteiger partial charge in [-0.2, -0.15) is 0 Å². The quantitative estimate of drug-likeness (QED) is 0.324. The van der Waals surface area contributed by atoms with E-state index in [0.29, 0.717) is 12.5 Å². The molecule has 114 valence electrons. The first kappa shape index (κ1) is 19.5. The number of benzene rings is 1. The zero-order chi connectivity index (χ0) is 14.3. The Morgan fingerprint density at radius 3 is 2.70 bits per heavy atom. The van der Waals surface area contributed by atoms with Gasteiger partial charge in [-0.15, -0.1) is 24.0 Å². The van der Waals surface area contributed by atoms with E-state index in [1.165, 1.54) is 5.56 Å². The molecule has 0 bridgehead atoms. The molecule has 0 heterocycles. The predicted molar refractivity (Wildman–Crippen MR) is 99.3 cm³/mol. The summed E-state index contributed by atoms with van der Waals surface area (Å²) in [6.45, 7) is 7.95. The minimum Gasteiger partial charge on any atom is -0.370 e. The Hall–Kier alpha value is -0.490. The number of rotatable bonds is 6. The van der Waals surface area contributed by atoms with E-state index in [0.717, 1.165) is 24.4 Å². The zero-order valence-electron chi connectivity index (χ0n) is 12.4. The number of unbranched alkanes of at least 4 members (excludes halogenated alkanes) is 1. The Balaban J connectivity index is 0.00000361. The van der Waals surface area contributed by atoms with E-state index >= 15 is 0 Å². The van der Waals surface area contributed by atoms with Crippen LogP contribution in [0.4, 0.5) is 0 Å². The monoisotopic (exact) mass is 409 g/mol. The molecule has 3 N–H and O–H groups in total. The van der Waals surface area contributed by atoms with Crippen molar-refractivity contribution >= 4 is 41.5 Å². The molecule has 1 rings (SSSR count). The van der Waals surface area contributed by atoms with Gasteiger partial charge in [0.05, 0.1) is 6.54 Å². The first-order valence-corrected chi connectivity index (χ1v) is 7.13. The molecule has 0 aromatic heterocycles. The summed E-state index contributed by atoms with van der Waals surface area (Å²) >= 11 is 6.03. The summed E-state index contributed by atoms with van der Waals surface area (Å²) in [5, 5.41) is 3.87. The SMILES string of the molecule is CCCCNC(N)=NCC(C)(C)c1cccc(Cl)c1.I. The fourth-order valence-corrected chi connectivity index (χ4v) is 1.92. The molecule has 0 unspecified atom stereocenters. The molecule has 0 radical (unpaired) electrons. The number of halogens is 2. The van der Waals surface area contributed by atoms with Gasteiger partial charge in [-0.25, -0.2) is 0 Å². The van der Waals surface area contributed by atoms with E-state index in [1.54, 1.807) is 0 Å². The van der Waals surface area contributed by atoms with Crippen molar-refractivity contribution in [2.45, 2.75) is 39.0 Å². The van der Waals surface area contributed by atoms with Crippen molar-refractivity contribution in [1.82, 2.24) is 5.32 Å². The molecular weight excluding hydrogens is 385 g/mol. The summed E-state index contributed by atoms with van der Waals surface area (Å²) in [4.78, 5) is 4.41. The van der Waals surface area contributed by atoms with E-state index in [1.807, 2.05) is 18.2 Å². The normalized spacial score (nSPS) is 11.9. The molecule has 1 aromatic carbocycles.